The van der Waals surface area contributed by atoms with Crippen LogP contribution < -0.4 is 5.73 Å². The molecular formula is C14H22ClNO2. The summed E-state index contributed by atoms with van der Waals surface area (Å²) in [4.78, 5) is 11.4. The summed E-state index contributed by atoms with van der Waals surface area (Å²) in [6.45, 7) is 2.17. The van der Waals surface area contributed by atoms with Crippen LogP contribution in [0.3, 0.4) is 0 Å². The normalized spacial score (nSPS) is 11.5. The van der Waals surface area contributed by atoms with Gasteiger partial charge in [-0.05, 0) is 24.1 Å². The molecule has 0 aliphatic carbocycles. The van der Waals surface area contributed by atoms with E-state index in [0.717, 1.165) is 18.4 Å². The van der Waals surface area contributed by atoms with E-state index in [4.69, 9.17) is 5.73 Å². The van der Waals surface area contributed by atoms with E-state index in [9.17, 15) is 4.79 Å². The molecule has 2 N–H and O–H groups in total. The monoisotopic (exact) mass is 271 g/mol. The SMILES string of the molecule is CCCCC[C@H](N)c1cccc(C(=O)OC)c1.Cl. The second-order valence-corrected chi connectivity index (χ2v) is 4.22. The lowest BCUT2D eigenvalue weighted by Crippen LogP contribution is -2.11. The Balaban J connectivity index is 0.00000289. The molecule has 0 radical (unpaired) electrons. The summed E-state index contributed by atoms with van der Waals surface area (Å²) >= 11 is 0. The number of benzene rings is 1. The molecule has 0 heterocycles. The third-order valence-electron chi connectivity index (χ3n) is 2.85. The van der Waals surface area contributed by atoms with Gasteiger partial charge < -0.3 is 10.5 Å². The Morgan fingerprint density at radius 2 is 2.11 bits per heavy atom. The maximum absolute atomic E-state index is 11.4. The molecule has 0 saturated heterocycles. The number of hydrogen-bond acceptors (Lipinski definition) is 3. The standard InChI is InChI=1S/C14H21NO2.ClH/c1-3-4-5-9-13(15)11-7-6-8-12(10-11)14(16)17-2;/h6-8,10,13H,3-5,9,15H2,1-2H3;1H/t13-;/m0./s1. The van der Waals surface area contributed by atoms with Crippen LogP contribution >= 0.6 is 12.4 Å². The maximum Gasteiger partial charge on any atom is 0.337 e. The number of methoxy groups -OCH3 is 1. The van der Waals surface area contributed by atoms with Crippen molar-refractivity contribution >= 4 is 18.4 Å². The molecule has 4 heteroatoms. The predicted molar refractivity (Wildman–Crippen MR) is 76.1 cm³/mol. The van der Waals surface area contributed by atoms with Gasteiger partial charge in [-0.1, -0.05) is 38.3 Å². The summed E-state index contributed by atoms with van der Waals surface area (Å²) in [7, 11) is 1.39. The Hall–Kier alpha value is -1.06. The first kappa shape index (κ1) is 16.9. The molecule has 0 amide bonds. The van der Waals surface area contributed by atoms with E-state index < -0.39 is 0 Å². The molecular weight excluding hydrogens is 250 g/mol. The quantitative estimate of drug-likeness (QED) is 0.637. The van der Waals surface area contributed by atoms with E-state index in [0.29, 0.717) is 5.56 Å². The molecule has 1 aromatic rings. The van der Waals surface area contributed by atoms with Gasteiger partial charge in [0.05, 0.1) is 12.7 Å². The summed E-state index contributed by atoms with van der Waals surface area (Å²) in [5, 5.41) is 0. The molecule has 0 unspecified atom stereocenters. The molecule has 1 atom stereocenters. The Morgan fingerprint density at radius 1 is 1.39 bits per heavy atom. The number of nitrogens with two attached hydrogens (primary N) is 1. The van der Waals surface area contributed by atoms with E-state index in [1.54, 1.807) is 6.07 Å². The Labute approximate surface area is 115 Å². The zero-order chi connectivity index (χ0) is 12.7. The van der Waals surface area contributed by atoms with Crippen LogP contribution in [0.2, 0.25) is 0 Å². The zero-order valence-corrected chi connectivity index (χ0v) is 11.8. The lowest BCUT2D eigenvalue weighted by Gasteiger charge is -2.12. The van der Waals surface area contributed by atoms with Gasteiger partial charge in [-0.2, -0.15) is 0 Å². The molecule has 102 valence electrons. The summed E-state index contributed by atoms with van der Waals surface area (Å²) < 4.78 is 4.69. The smallest absolute Gasteiger partial charge is 0.337 e. The highest BCUT2D eigenvalue weighted by molar-refractivity contribution is 5.89. The first-order valence-corrected chi connectivity index (χ1v) is 6.13. The average molecular weight is 272 g/mol. The highest BCUT2D eigenvalue weighted by atomic mass is 35.5. The molecule has 0 spiro atoms. The fourth-order valence-corrected chi connectivity index (χ4v) is 1.80. The molecule has 0 bridgehead atoms. The van der Waals surface area contributed by atoms with Gasteiger partial charge in [-0.25, -0.2) is 4.79 Å². The van der Waals surface area contributed by atoms with Crippen molar-refractivity contribution in [2.24, 2.45) is 5.73 Å². The van der Waals surface area contributed by atoms with Crippen LogP contribution in [0, 0.1) is 0 Å². The first-order valence-electron chi connectivity index (χ1n) is 6.13. The minimum Gasteiger partial charge on any atom is -0.465 e. The number of rotatable bonds is 6. The van der Waals surface area contributed by atoms with E-state index in [1.807, 2.05) is 18.2 Å². The molecule has 1 rings (SSSR count). The minimum absolute atomic E-state index is 0. The van der Waals surface area contributed by atoms with E-state index >= 15 is 0 Å². The van der Waals surface area contributed by atoms with Gasteiger partial charge >= 0.3 is 5.97 Å². The van der Waals surface area contributed by atoms with Crippen molar-refractivity contribution in [2.45, 2.75) is 38.6 Å². The van der Waals surface area contributed by atoms with Crippen LogP contribution in [-0.2, 0) is 4.74 Å². The van der Waals surface area contributed by atoms with Crippen molar-refractivity contribution in [3.05, 3.63) is 35.4 Å². The van der Waals surface area contributed by atoms with Crippen LogP contribution in [0.25, 0.3) is 0 Å². The zero-order valence-electron chi connectivity index (χ0n) is 11.0. The number of carbonyl (C=O) groups is 1. The topological polar surface area (TPSA) is 52.3 Å². The summed E-state index contributed by atoms with van der Waals surface area (Å²) in [5.74, 6) is -0.312. The molecule has 0 aliphatic rings. The van der Waals surface area contributed by atoms with E-state index in [2.05, 4.69) is 11.7 Å². The second-order valence-electron chi connectivity index (χ2n) is 4.22. The average Bonchev–Trinajstić information content (AvgIpc) is 2.38. The molecule has 0 aromatic heterocycles. The number of carbonyl (C=O) groups excluding carboxylic acids is 1. The van der Waals surface area contributed by atoms with Gasteiger partial charge in [-0.15, -0.1) is 12.4 Å². The van der Waals surface area contributed by atoms with Gasteiger partial charge in [0.15, 0.2) is 0 Å². The lowest BCUT2D eigenvalue weighted by atomic mass is 9.99. The van der Waals surface area contributed by atoms with Crippen LogP contribution in [0.1, 0.15) is 54.6 Å². The van der Waals surface area contributed by atoms with Gasteiger partial charge in [0.1, 0.15) is 0 Å². The summed E-state index contributed by atoms with van der Waals surface area (Å²) in [6.07, 6.45) is 4.47. The van der Waals surface area contributed by atoms with Crippen molar-refractivity contribution < 1.29 is 9.53 Å². The molecule has 0 fully saturated rings. The summed E-state index contributed by atoms with van der Waals surface area (Å²) in [6, 6.07) is 7.38. The van der Waals surface area contributed by atoms with Crippen LogP contribution in [0.15, 0.2) is 24.3 Å². The predicted octanol–water partition coefficient (Wildman–Crippen LogP) is 3.48. The molecule has 0 saturated carbocycles. The van der Waals surface area contributed by atoms with Crippen LogP contribution in [0.4, 0.5) is 0 Å². The minimum atomic E-state index is -0.312. The number of hydrogen-bond donors (Lipinski definition) is 1. The van der Waals surface area contributed by atoms with Crippen molar-refractivity contribution in [1.29, 1.82) is 0 Å². The lowest BCUT2D eigenvalue weighted by molar-refractivity contribution is 0.0600. The van der Waals surface area contributed by atoms with E-state index in [1.165, 1.54) is 20.0 Å². The van der Waals surface area contributed by atoms with Crippen LogP contribution in [0.5, 0.6) is 0 Å². The van der Waals surface area contributed by atoms with Crippen molar-refractivity contribution in [2.75, 3.05) is 7.11 Å². The van der Waals surface area contributed by atoms with Crippen molar-refractivity contribution in [3.63, 3.8) is 0 Å². The number of esters is 1. The van der Waals surface area contributed by atoms with Gasteiger partial charge in [0, 0.05) is 6.04 Å². The largest absolute Gasteiger partial charge is 0.465 e. The van der Waals surface area contributed by atoms with E-state index in [-0.39, 0.29) is 24.4 Å². The third kappa shape index (κ3) is 5.07. The second kappa shape index (κ2) is 8.95. The van der Waals surface area contributed by atoms with Crippen LogP contribution in [-0.4, -0.2) is 13.1 Å². The van der Waals surface area contributed by atoms with Crippen molar-refractivity contribution in [1.82, 2.24) is 0 Å². The van der Waals surface area contributed by atoms with Crippen molar-refractivity contribution in [3.8, 4) is 0 Å². The number of unbranched alkanes of at least 4 members (excludes halogenated alkanes) is 2. The van der Waals surface area contributed by atoms with Gasteiger partial charge in [0.25, 0.3) is 0 Å². The van der Waals surface area contributed by atoms with Gasteiger partial charge in [0.2, 0.25) is 0 Å². The number of ether oxygens (including phenoxy) is 1. The highest BCUT2D eigenvalue weighted by Gasteiger charge is 2.10. The molecule has 0 aliphatic heterocycles. The fraction of sp³-hybridized carbons (Fsp3) is 0.500. The third-order valence-corrected chi connectivity index (χ3v) is 2.85. The summed E-state index contributed by atoms with van der Waals surface area (Å²) in [5.41, 5.74) is 7.66. The highest BCUT2D eigenvalue weighted by Crippen LogP contribution is 2.18. The Bertz CT molecular complexity index is 369. The number of halogens is 1. The Kier molecular flexibility index (Phi) is 8.42. The first-order chi connectivity index (χ1) is 8.19. The van der Waals surface area contributed by atoms with Gasteiger partial charge in [-0.3, -0.25) is 0 Å². The molecule has 18 heavy (non-hydrogen) atoms. The Morgan fingerprint density at radius 3 is 2.72 bits per heavy atom. The molecule has 1 aromatic carbocycles. The molecule has 3 nitrogen and oxygen atoms in total. The fourth-order valence-electron chi connectivity index (χ4n) is 1.80. The maximum atomic E-state index is 11.4.